The zero-order valence-electron chi connectivity index (χ0n) is 8.30. The predicted octanol–water partition coefficient (Wildman–Crippen LogP) is 2.33. The van der Waals surface area contributed by atoms with Gasteiger partial charge in [0.05, 0.1) is 21.5 Å². The molecule has 0 bridgehead atoms. The summed E-state index contributed by atoms with van der Waals surface area (Å²) in [6.07, 6.45) is -3.42. The zero-order valence-corrected chi connectivity index (χ0v) is 9.87. The number of hydrogen-bond acceptors (Lipinski definition) is 5. The summed E-state index contributed by atoms with van der Waals surface area (Å²) in [7, 11) is 0.290. The molecule has 6 nitrogen and oxygen atoms in total. The van der Waals surface area contributed by atoms with Crippen LogP contribution in [0.3, 0.4) is 0 Å². The summed E-state index contributed by atoms with van der Waals surface area (Å²) in [6.45, 7) is 0. The van der Waals surface area contributed by atoms with E-state index in [1.807, 2.05) is 0 Å². The normalized spacial score (nSPS) is 11.3. The molecule has 0 atom stereocenters. The fourth-order valence-corrected chi connectivity index (χ4v) is 2.36. The molecule has 0 aromatic heterocycles. The fourth-order valence-electron chi connectivity index (χ4n) is 1.25. The van der Waals surface area contributed by atoms with E-state index in [0.717, 1.165) is 0 Å². The highest BCUT2D eigenvalue weighted by atomic mass is 35.7. The van der Waals surface area contributed by atoms with Crippen LogP contribution < -0.4 is 0 Å². The zero-order chi connectivity index (χ0) is 14.1. The number of nitriles is 1. The van der Waals surface area contributed by atoms with Gasteiger partial charge in [-0.1, -0.05) is 0 Å². The van der Waals surface area contributed by atoms with Gasteiger partial charge in [-0.25, -0.2) is 17.2 Å². The van der Waals surface area contributed by atoms with Gasteiger partial charge in [0.15, 0.2) is 0 Å². The largest absolute Gasteiger partial charge is 0.281 e. The third-order valence-corrected chi connectivity index (χ3v) is 3.29. The average Bonchev–Trinajstić information content (AvgIpc) is 2.25. The molecule has 0 aliphatic rings. The van der Waals surface area contributed by atoms with Gasteiger partial charge >= 0.3 is 0 Å². The summed E-state index contributed by atoms with van der Waals surface area (Å²) in [6, 6.07) is 2.56. The van der Waals surface area contributed by atoms with Gasteiger partial charge in [0.1, 0.15) is 5.56 Å². The molecule has 0 heterocycles. The first-order valence-electron chi connectivity index (χ1n) is 4.13. The number of alkyl halides is 2. The Bertz CT molecular complexity index is 654. The van der Waals surface area contributed by atoms with Gasteiger partial charge in [0.25, 0.3) is 21.2 Å². The molecular weight excluding hydrogens is 294 g/mol. The van der Waals surface area contributed by atoms with Crippen LogP contribution in [-0.2, 0) is 9.05 Å². The minimum absolute atomic E-state index is 0.453. The minimum Gasteiger partial charge on any atom is -0.258 e. The molecule has 0 aliphatic carbocycles. The first kappa shape index (κ1) is 14.3. The summed E-state index contributed by atoms with van der Waals surface area (Å²) in [5.74, 6) is 0. The average molecular weight is 297 g/mol. The Morgan fingerprint density at radius 1 is 1.44 bits per heavy atom. The van der Waals surface area contributed by atoms with Crippen LogP contribution in [0.15, 0.2) is 17.0 Å². The number of rotatable bonds is 3. The Kier molecular flexibility index (Phi) is 3.83. The molecular formula is C8H3ClF2N2O4S. The van der Waals surface area contributed by atoms with Crippen LogP contribution in [0, 0.1) is 21.4 Å². The number of benzene rings is 1. The smallest absolute Gasteiger partial charge is 0.258 e. The Morgan fingerprint density at radius 3 is 2.33 bits per heavy atom. The van der Waals surface area contributed by atoms with Crippen molar-refractivity contribution in [1.82, 2.24) is 0 Å². The van der Waals surface area contributed by atoms with E-state index in [1.165, 1.54) is 6.07 Å². The van der Waals surface area contributed by atoms with E-state index in [9.17, 15) is 27.3 Å². The second kappa shape index (κ2) is 4.83. The second-order valence-corrected chi connectivity index (χ2v) is 5.55. The number of nitro benzene ring substituents is 1. The van der Waals surface area contributed by atoms with Crippen LogP contribution in [0.2, 0.25) is 0 Å². The van der Waals surface area contributed by atoms with Crippen molar-refractivity contribution in [2.75, 3.05) is 0 Å². The predicted molar refractivity (Wildman–Crippen MR) is 55.8 cm³/mol. The fraction of sp³-hybridized carbons (Fsp3) is 0.125. The minimum atomic E-state index is -4.63. The molecule has 0 N–H and O–H groups in total. The number of hydrogen-bond donors (Lipinski definition) is 0. The molecule has 0 saturated carbocycles. The first-order valence-corrected chi connectivity index (χ1v) is 6.44. The van der Waals surface area contributed by atoms with Crippen LogP contribution in [0.5, 0.6) is 0 Å². The Balaban J connectivity index is 3.85. The van der Waals surface area contributed by atoms with E-state index in [2.05, 4.69) is 0 Å². The molecule has 1 aromatic carbocycles. The van der Waals surface area contributed by atoms with E-state index >= 15 is 0 Å². The molecule has 0 spiro atoms. The Morgan fingerprint density at radius 2 is 2.00 bits per heavy atom. The second-order valence-electron chi connectivity index (χ2n) is 3.01. The van der Waals surface area contributed by atoms with Crippen LogP contribution >= 0.6 is 10.7 Å². The number of halogens is 3. The van der Waals surface area contributed by atoms with Crippen molar-refractivity contribution in [3.63, 3.8) is 0 Å². The summed E-state index contributed by atoms with van der Waals surface area (Å²) >= 11 is 0. The highest BCUT2D eigenvalue weighted by Crippen LogP contribution is 2.36. The van der Waals surface area contributed by atoms with Crippen molar-refractivity contribution < 1.29 is 22.1 Å². The molecule has 96 valence electrons. The monoisotopic (exact) mass is 296 g/mol. The lowest BCUT2D eigenvalue weighted by molar-refractivity contribution is -0.386. The quantitative estimate of drug-likeness (QED) is 0.484. The van der Waals surface area contributed by atoms with Gasteiger partial charge in [-0.2, -0.15) is 5.26 Å². The van der Waals surface area contributed by atoms with Crippen molar-refractivity contribution in [2.24, 2.45) is 0 Å². The summed E-state index contributed by atoms with van der Waals surface area (Å²) in [4.78, 5) is 8.26. The molecule has 0 amide bonds. The molecule has 0 unspecified atom stereocenters. The lowest BCUT2D eigenvalue weighted by atomic mass is 10.1. The van der Waals surface area contributed by atoms with Crippen LogP contribution in [-0.4, -0.2) is 13.3 Å². The van der Waals surface area contributed by atoms with E-state index in [-0.39, 0.29) is 0 Å². The van der Waals surface area contributed by atoms with E-state index < -0.39 is 42.1 Å². The molecule has 0 aliphatic heterocycles. The molecule has 0 radical (unpaired) electrons. The van der Waals surface area contributed by atoms with Gasteiger partial charge in [-0.05, 0) is 6.07 Å². The molecule has 1 aromatic rings. The summed E-state index contributed by atoms with van der Waals surface area (Å²) in [5.41, 5.74) is -2.94. The molecule has 0 fully saturated rings. The van der Waals surface area contributed by atoms with Crippen molar-refractivity contribution in [1.29, 1.82) is 5.26 Å². The standard InChI is InChI=1S/C8H3ClF2N2O4S/c9-18(16,17)6-2-4(3-12)1-5(13(14)15)7(6)8(10)11/h1-2,8H. The summed E-state index contributed by atoms with van der Waals surface area (Å²) < 4.78 is 47.6. The number of nitro groups is 1. The molecule has 18 heavy (non-hydrogen) atoms. The van der Waals surface area contributed by atoms with Gasteiger partial charge in [0, 0.05) is 16.7 Å². The highest BCUT2D eigenvalue weighted by Gasteiger charge is 2.31. The molecule has 1 rings (SSSR count). The van der Waals surface area contributed by atoms with E-state index in [0.29, 0.717) is 12.1 Å². The van der Waals surface area contributed by atoms with Crippen molar-refractivity contribution in [2.45, 2.75) is 11.3 Å². The maximum Gasteiger partial charge on any atom is 0.281 e. The van der Waals surface area contributed by atoms with Crippen LogP contribution in [0.4, 0.5) is 14.5 Å². The maximum absolute atomic E-state index is 12.7. The third-order valence-electron chi connectivity index (χ3n) is 1.93. The van der Waals surface area contributed by atoms with Gasteiger partial charge in [-0.15, -0.1) is 0 Å². The first-order chi connectivity index (χ1) is 8.18. The van der Waals surface area contributed by atoms with Crippen molar-refractivity contribution in [3.8, 4) is 6.07 Å². The lowest BCUT2D eigenvalue weighted by Crippen LogP contribution is -2.04. The van der Waals surface area contributed by atoms with Crippen LogP contribution in [0.25, 0.3) is 0 Å². The van der Waals surface area contributed by atoms with Gasteiger partial charge in [-0.3, -0.25) is 10.1 Å². The Labute approximate surface area is 104 Å². The lowest BCUT2D eigenvalue weighted by Gasteiger charge is -2.07. The topological polar surface area (TPSA) is 101 Å². The SMILES string of the molecule is N#Cc1cc([N+](=O)[O-])c(C(F)F)c(S(=O)(=O)Cl)c1. The van der Waals surface area contributed by atoms with Crippen molar-refractivity contribution in [3.05, 3.63) is 33.4 Å². The number of nitrogens with zero attached hydrogens (tertiary/aromatic N) is 2. The molecule has 10 heteroatoms. The Hall–Kier alpha value is -1.79. The van der Waals surface area contributed by atoms with Gasteiger partial charge < -0.3 is 0 Å². The van der Waals surface area contributed by atoms with Crippen molar-refractivity contribution >= 4 is 25.4 Å². The molecule has 0 saturated heterocycles. The third kappa shape index (κ3) is 2.72. The summed E-state index contributed by atoms with van der Waals surface area (Å²) in [5, 5.41) is 19.2. The van der Waals surface area contributed by atoms with Gasteiger partial charge in [0.2, 0.25) is 0 Å². The highest BCUT2D eigenvalue weighted by molar-refractivity contribution is 8.13. The van der Waals surface area contributed by atoms with Crippen LogP contribution in [0.1, 0.15) is 17.6 Å². The van der Waals surface area contributed by atoms with E-state index in [1.54, 1.807) is 0 Å². The maximum atomic E-state index is 12.7. The van der Waals surface area contributed by atoms with E-state index in [4.69, 9.17) is 15.9 Å².